The first-order valence-electron chi connectivity index (χ1n) is 14.0. The molecule has 206 valence electrons. The lowest BCUT2D eigenvalue weighted by atomic mass is 9.94. The van der Waals surface area contributed by atoms with Crippen LogP contribution < -0.4 is 15.4 Å². The minimum absolute atomic E-state index is 0.0217. The highest BCUT2D eigenvalue weighted by molar-refractivity contribution is 6.02. The summed E-state index contributed by atoms with van der Waals surface area (Å²) in [5, 5.41) is 3.88. The molecule has 1 aromatic heterocycles. The van der Waals surface area contributed by atoms with E-state index < -0.39 is 5.76 Å². The van der Waals surface area contributed by atoms with Crippen molar-refractivity contribution in [2.75, 3.05) is 4.90 Å². The maximum Gasteiger partial charge on any atom is 0.439 e. The van der Waals surface area contributed by atoms with Crippen molar-refractivity contribution >= 4 is 11.4 Å². The second-order valence-electron chi connectivity index (χ2n) is 10.2. The van der Waals surface area contributed by atoms with Crippen LogP contribution in [0.2, 0.25) is 0 Å². The molecule has 7 heteroatoms. The molecule has 0 aliphatic carbocycles. The van der Waals surface area contributed by atoms with E-state index in [2.05, 4.69) is 85.3 Å². The number of aromatic amines is 1. The summed E-state index contributed by atoms with van der Waals surface area (Å²) in [5.74, 6) is 0.744. The van der Waals surface area contributed by atoms with Crippen LogP contribution in [0.1, 0.15) is 52.5 Å². The van der Waals surface area contributed by atoms with Crippen LogP contribution in [-0.2, 0) is 6.42 Å². The zero-order valence-corrected chi connectivity index (χ0v) is 23.6. The molecule has 0 radical (unpaired) electrons. The maximum atomic E-state index is 11.5. The third-order valence-electron chi connectivity index (χ3n) is 7.23. The average molecular weight is 537 g/mol. The summed E-state index contributed by atoms with van der Waals surface area (Å²) in [6.45, 7) is 8.55. The van der Waals surface area contributed by atoms with Crippen molar-refractivity contribution in [2.24, 2.45) is 4.99 Å². The Balaban J connectivity index is 1.38. The highest BCUT2D eigenvalue weighted by Crippen LogP contribution is 2.31. The summed E-state index contributed by atoms with van der Waals surface area (Å²) in [4.78, 5) is 21.5. The van der Waals surface area contributed by atoms with Crippen LogP contribution in [-0.4, -0.2) is 28.1 Å². The number of rotatable bonds is 10. The third kappa shape index (κ3) is 6.09. The predicted molar refractivity (Wildman–Crippen MR) is 161 cm³/mol. The van der Waals surface area contributed by atoms with Gasteiger partial charge in [0.2, 0.25) is 0 Å². The molecule has 0 fully saturated rings. The number of ether oxygens (including phenoxy) is 1. The van der Waals surface area contributed by atoms with Crippen molar-refractivity contribution in [3.05, 3.63) is 101 Å². The molecule has 40 heavy (non-hydrogen) atoms. The Morgan fingerprint density at radius 3 is 2.38 bits per heavy atom. The molecule has 0 amide bonds. The monoisotopic (exact) mass is 536 g/mol. The maximum absolute atomic E-state index is 11.5. The van der Waals surface area contributed by atoms with Gasteiger partial charge in [0.1, 0.15) is 11.9 Å². The number of nitrogens with zero attached hydrogens (tertiary/aromatic N) is 3. The first kappa shape index (κ1) is 27.2. The molecule has 1 aliphatic heterocycles. The van der Waals surface area contributed by atoms with Gasteiger partial charge in [-0.25, -0.2) is 4.79 Å². The van der Waals surface area contributed by atoms with Crippen molar-refractivity contribution in [3.8, 4) is 28.3 Å². The summed E-state index contributed by atoms with van der Waals surface area (Å²) in [6, 6.07) is 24.7. The Hall–Kier alpha value is -4.39. The minimum atomic E-state index is -0.566. The van der Waals surface area contributed by atoms with E-state index in [9.17, 15) is 4.79 Å². The van der Waals surface area contributed by atoms with Gasteiger partial charge in [-0.05, 0) is 73.2 Å². The van der Waals surface area contributed by atoms with E-state index in [0.29, 0.717) is 5.82 Å². The number of hydrogen-bond acceptors (Lipinski definition) is 6. The van der Waals surface area contributed by atoms with E-state index in [1.165, 1.54) is 16.8 Å². The van der Waals surface area contributed by atoms with Gasteiger partial charge in [0.05, 0.1) is 6.10 Å². The zero-order chi connectivity index (χ0) is 28.1. The second-order valence-corrected chi connectivity index (χ2v) is 10.2. The first-order valence-corrected chi connectivity index (χ1v) is 14.0. The number of hydrogen-bond donors (Lipinski definition) is 1. The molecule has 1 aliphatic rings. The van der Waals surface area contributed by atoms with Crippen LogP contribution in [0.3, 0.4) is 0 Å². The lowest BCUT2D eigenvalue weighted by Crippen LogP contribution is -2.33. The van der Waals surface area contributed by atoms with Crippen LogP contribution >= 0.6 is 0 Å². The van der Waals surface area contributed by atoms with E-state index in [4.69, 9.17) is 14.3 Å². The molecule has 4 aromatic rings. The smallest absolute Gasteiger partial charge is 0.439 e. The lowest BCUT2D eigenvalue weighted by Gasteiger charge is -2.32. The van der Waals surface area contributed by atoms with Gasteiger partial charge in [-0.2, -0.15) is 0 Å². The van der Waals surface area contributed by atoms with Gasteiger partial charge in [-0.1, -0.05) is 74.0 Å². The first-order chi connectivity index (χ1) is 19.4. The van der Waals surface area contributed by atoms with Crippen molar-refractivity contribution in [2.45, 2.75) is 65.6 Å². The van der Waals surface area contributed by atoms with E-state index in [-0.39, 0.29) is 12.3 Å². The van der Waals surface area contributed by atoms with E-state index in [0.717, 1.165) is 53.8 Å². The molecule has 0 saturated heterocycles. The van der Waals surface area contributed by atoms with Gasteiger partial charge in [-0.15, -0.1) is 0 Å². The summed E-state index contributed by atoms with van der Waals surface area (Å²) < 4.78 is 10.7. The Bertz CT molecular complexity index is 1550. The fourth-order valence-corrected chi connectivity index (χ4v) is 4.94. The Morgan fingerprint density at radius 1 is 1.00 bits per heavy atom. The van der Waals surface area contributed by atoms with Gasteiger partial charge in [0.15, 0.2) is 5.82 Å². The van der Waals surface area contributed by atoms with Gasteiger partial charge >= 0.3 is 5.76 Å². The van der Waals surface area contributed by atoms with Crippen LogP contribution in [0, 0.1) is 0 Å². The zero-order valence-electron chi connectivity index (χ0n) is 23.6. The topological polar surface area (TPSA) is 83.7 Å². The summed E-state index contributed by atoms with van der Waals surface area (Å²) in [7, 11) is 0. The van der Waals surface area contributed by atoms with Crippen molar-refractivity contribution < 1.29 is 9.26 Å². The number of allylic oxidation sites excluding steroid dienone is 1. The average Bonchev–Trinajstić information content (AvgIpc) is 3.41. The largest absolute Gasteiger partial charge is 0.491 e. The molecule has 0 bridgehead atoms. The van der Waals surface area contributed by atoms with Crippen LogP contribution in [0.4, 0.5) is 5.69 Å². The van der Waals surface area contributed by atoms with E-state index in [1.807, 2.05) is 36.4 Å². The summed E-state index contributed by atoms with van der Waals surface area (Å²) >= 11 is 0. The molecular weight excluding hydrogens is 500 g/mol. The van der Waals surface area contributed by atoms with Gasteiger partial charge < -0.3 is 9.64 Å². The highest BCUT2D eigenvalue weighted by Gasteiger charge is 2.22. The second kappa shape index (κ2) is 12.2. The number of benzene rings is 3. The van der Waals surface area contributed by atoms with Crippen LogP contribution in [0.25, 0.3) is 22.5 Å². The molecule has 0 spiro atoms. The molecule has 3 aromatic carbocycles. The molecule has 5 rings (SSSR count). The number of nitrogens with one attached hydrogen (secondary N) is 1. The predicted octanol–water partition coefficient (Wildman–Crippen LogP) is 7.41. The standard InChI is InChI=1S/C33H36N4O3/c1-5-9-31-26(21-37(23(4)34-31)27-16-18-28(19-17-27)39-22(3)6-2)20-24-12-14-25(15-13-24)29-10-7-8-11-30(29)32-35-33(38)40-36-32/h7-8,10-19,21-23H,5-6,9,20H2,1-4H3,(H,35,36,38). The Morgan fingerprint density at radius 2 is 1.73 bits per heavy atom. The quantitative estimate of drug-likeness (QED) is 0.228. The number of aliphatic imine (C=N–C) groups is 1. The van der Waals surface area contributed by atoms with Crippen molar-refractivity contribution in [3.63, 3.8) is 0 Å². The number of anilines is 1. The fourth-order valence-electron chi connectivity index (χ4n) is 4.94. The summed E-state index contributed by atoms with van der Waals surface area (Å²) in [6.07, 6.45) is 6.24. The highest BCUT2D eigenvalue weighted by atomic mass is 16.5. The molecule has 7 nitrogen and oxygen atoms in total. The van der Waals surface area contributed by atoms with Gasteiger partial charge in [0.25, 0.3) is 0 Å². The Labute approximate surface area is 235 Å². The van der Waals surface area contributed by atoms with Crippen LogP contribution in [0.5, 0.6) is 5.75 Å². The molecule has 2 heterocycles. The number of H-pyrrole nitrogens is 1. The van der Waals surface area contributed by atoms with Gasteiger partial charge in [-0.3, -0.25) is 14.5 Å². The van der Waals surface area contributed by atoms with Crippen LogP contribution in [0.15, 0.2) is 98.9 Å². The molecule has 0 saturated carbocycles. The molecule has 1 N–H and O–H groups in total. The van der Waals surface area contributed by atoms with Crippen molar-refractivity contribution in [1.29, 1.82) is 0 Å². The molecular formula is C33H36N4O3. The minimum Gasteiger partial charge on any atom is -0.491 e. The van der Waals surface area contributed by atoms with E-state index in [1.54, 1.807) is 0 Å². The molecule has 2 unspecified atom stereocenters. The SMILES string of the molecule is CCCC1=NC(C)N(c2ccc(OC(C)CC)cc2)C=C1Cc1ccc(-c2ccccc2-c2noc(=O)[nH]2)cc1. The van der Waals surface area contributed by atoms with E-state index >= 15 is 0 Å². The number of aromatic nitrogens is 2. The Kier molecular flexibility index (Phi) is 8.29. The fraction of sp³-hybridized carbons (Fsp3) is 0.303. The molecule has 2 atom stereocenters. The van der Waals surface area contributed by atoms with Gasteiger partial charge in [0, 0.05) is 29.6 Å². The summed E-state index contributed by atoms with van der Waals surface area (Å²) in [5.41, 5.74) is 7.54. The lowest BCUT2D eigenvalue weighted by molar-refractivity contribution is 0.217. The normalized spacial score (nSPS) is 15.9. The van der Waals surface area contributed by atoms with Crippen molar-refractivity contribution in [1.82, 2.24) is 10.1 Å². The third-order valence-corrected chi connectivity index (χ3v) is 7.23.